The van der Waals surface area contributed by atoms with Crippen molar-refractivity contribution in [2.75, 3.05) is 10.6 Å². The van der Waals surface area contributed by atoms with E-state index in [1.807, 2.05) is 67.0 Å². The fraction of sp³-hybridized carbons (Fsp3) is 0.231. The maximum atomic E-state index is 9.85. The van der Waals surface area contributed by atoms with E-state index in [1.165, 1.54) is 0 Å². The monoisotopic (exact) mass is 438 g/mol. The van der Waals surface area contributed by atoms with Crippen LogP contribution in [0.2, 0.25) is 0 Å². The molecule has 0 atom stereocenters. The number of aliphatic hydroxyl groups is 1. The number of rotatable bonds is 6. The highest BCUT2D eigenvalue weighted by Crippen LogP contribution is 2.29. The Morgan fingerprint density at radius 1 is 0.788 bits per heavy atom. The minimum Gasteiger partial charge on any atom is -0.393 e. The first kappa shape index (κ1) is 21.0. The van der Waals surface area contributed by atoms with Crippen molar-refractivity contribution in [2.24, 2.45) is 0 Å². The molecule has 7 heteroatoms. The van der Waals surface area contributed by atoms with Crippen LogP contribution in [0.3, 0.4) is 0 Å². The zero-order chi connectivity index (χ0) is 22.5. The predicted octanol–water partition coefficient (Wildman–Crippen LogP) is 5.06. The number of hydrogen-bond acceptors (Lipinski definition) is 7. The molecule has 0 radical (unpaired) electrons. The molecule has 0 aliphatic heterocycles. The van der Waals surface area contributed by atoms with E-state index in [2.05, 4.69) is 25.6 Å². The van der Waals surface area contributed by atoms with Gasteiger partial charge in [0.05, 0.1) is 17.4 Å². The van der Waals surface area contributed by atoms with Crippen molar-refractivity contribution >= 4 is 17.5 Å². The third-order valence-electron chi connectivity index (χ3n) is 5.90. The fourth-order valence-electron chi connectivity index (χ4n) is 4.08. The smallest absolute Gasteiger partial charge is 0.229 e. The molecule has 166 valence electrons. The van der Waals surface area contributed by atoms with Crippen LogP contribution in [0.4, 0.5) is 17.5 Å². The quantitative estimate of drug-likeness (QED) is 0.387. The largest absolute Gasteiger partial charge is 0.393 e. The lowest BCUT2D eigenvalue weighted by Gasteiger charge is -2.27. The zero-order valence-corrected chi connectivity index (χ0v) is 18.2. The number of aromatic nitrogens is 4. The molecule has 0 amide bonds. The van der Waals surface area contributed by atoms with E-state index in [0.717, 1.165) is 59.6 Å². The van der Waals surface area contributed by atoms with Crippen LogP contribution in [0.1, 0.15) is 25.7 Å². The number of nitrogens with one attached hydrogen (secondary N) is 2. The summed E-state index contributed by atoms with van der Waals surface area (Å²) in [6, 6.07) is 18.2. The van der Waals surface area contributed by atoms with E-state index < -0.39 is 0 Å². The Kier molecular flexibility index (Phi) is 6.21. The topological polar surface area (TPSA) is 95.8 Å². The van der Waals surface area contributed by atoms with Crippen LogP contribution >= 0.6 is 0 Å². The van der Waals surface area contributed by atoms with Crippen LogP contribution in [-0.4, -0.2) is 37.2 Å². The van der Waals surface area contributed by atoms with Gasteiger partial charge < -0.3 is 15.7 Å². The molecule has 0 bridgehead atoms. The van der Waals surface area contributed by atoms with Crippen molar-refractivity contribution in [2.45, 2.75) is 37.8 Å². The Balaban J connectivity index is 1.38. The molecule has 33 heavy (non-hydrogen) atoms. The van der Waals surface area contributed by atoms with Crippen molar-refractivity contribution in [1.82, 2.24) is 19.9 Å². The first-order chi connectivity index (χ1) is 16.2. The number of pyridine rings is 2. The van der Waals surface area contributed by atoms with Gasteiger partial charge in [-0.2, -0.15) is 4.98 Å². The summed E-state index contributed by atoms with van der Waals surface area (Å²) in [6.45, 7) is 0. The second-order valence-electron chi connectivity index (χ2n) is 8.26. The van der Waals surface area contributed by atoms with Gasteiger partial charge in [0.1, 0.15) is 5.82 Å². The summed E-state index contributed by atoms with van der Waals surface area (Å²) >= 11 is 0. The molecule has 4 aromatic rings. The molecule has 0 unspecified atom stereocenters. The van der Waals surface area contributed by atoms with Gasteiger partial charge in [-0.1, -0.05) is 24.3 Å². The molecule has 3 aromatic heterocycles. The molecule has 7 nitrogen and oxygen atoms in total. The van der Waals surface area contributed by atoms with E-state index in [4.69, 9.17) is 4.98 Å². The average molecular weight is 439 g/mol. The zero-order valence-electron chi connectivity index (χ0n) is 18.2. The molecule has 1 aliphatic rings. The van der Waals surface area contributed by atoms with Gasteiger partial charge in [0.15, 0.2) is 0 Å². The Bertz CT molecular complexity index is 1180. The highest BCUT2D eigenvalue weighted by Gasteiger charge is 2.21. The van der Waals surface area contributed by atoms with E-state index >= 15 is 0 Å². The average Bonchev–Trinajstić information content (AvgIpc) is 2.87. The molecule has 0 spiro atoms. The third-order valence-corrected chi connectivity index (χ3v) is 5.90. The highest BCUT2D eigenvalue weighted by molar-refractivity contribution is 5.74. The SMILES string of the molecule is OC1CCC(Nc2nc(Nc3ccc(-c4cccnc4)cc3)ncc2-c2ccccn2)CC1. The fourth-order valence-corrected chi connectivity index (χ4v) is 4.08. The van der Waals surface area contributed by atoms with Crippen LogP contribution in [0.25, 0.3) is 22.4 Å². The molecule has 1 aliphatic carbocycles. The van der Waals surface area contributed by atoms with E-state index in [0.29, 0.717) is 5.95 Å². The van der Waals surface area contributed by atoms with Crippen LogP contribution < -0.4 is 10.6 Å². The first-order valence-corrected chi connectivity index (χ1v) is 11.2. The van der Waals surface area contributed by atoms with Gasteiger partial charge in [-0.3, -0.25) is 9.97 Å². The summed E-state index contributed by atoms with van der Waals surface area (Å²) in [5.74, 6) is 1.27. The normalized spacial score (nSPS) is 18.0. The Morgan fingerprint density at radius 2 is 1.64 bits per heavy atom. The van der Waals surface area contributed by atoms with E-state index in [9.17, 15) is 5.11 Å². The predicted molar refractivity (Wildman–Crippen MR) is 130 cm³/mol. The molecule has 1 fully saturated rings. The third kappa shape index (κ3) is 5.15. The van der Waals surface area contributed by atoms with Crippen LogP contribution in [0.5, 0.6) is 0 Å². The van der Waals surface area contributed by atoms with Crippen molar-refractivity contribution in [1.29, 1.82) is 0 Å². The molecular weight excluding hydrogens is 412 g/mol. The Morgan fingerprint density at radius 3 is 2.36 bits per heavy atom. The molecule has 3 N–H and O–H groups in total. The first-order valence-electron chi connectivity index (χ1n) is 11.2. The van der Waals surface area contributed by atoms with E-state index in [1.54, 1.807) is 12.4 Å². The Labute approximate surface area is 193 Å². The van der Waals surface area contributed by atoms with Gasteiger partial charge in [-0.25, -0.2) is 4.98 Å². The lowest BCUT2D eigenvalue weighted by Crippen LogP contribution is -2.29. The highest BCUT2D eigenvalue weighted by atomic mass is 16.3. The molecule has 5 rings (SSSR count). The standard InChI is InChI=1S/C26H26N6O/c33-22-12-10-20(11-13-22)30-25-23(24-5-1-2-15-28-24)17-29-26(32-25)31-21-8-6-18(7-9-21)19-4-3-14-27-16-19/h1-9,14-17,20,22,33H,10-13H2,(H2,29,30,31,32). The van der Waals surface area contributed by atoms with Crippen LogP contribution in [0.15, 0.2) is 79.4 Å². The molecular formula is C26H26N6O. The van der Waals surface area contributed by atoms with Crippen molar-refractivity contribution in [3.63, 3.8) is 0 Å². The summed E-state index contributed by atoms with van der Waals surface area (Å²) in [5.41, 5.74) is 4.76. The van der Waals surface area contributed by atoms with Crippen molar-refractivity contribution < 1.29 is 5.11 Å². The minimum atomic E-state index is -0.199. The molecule has 1 aromatic carbocycles. The molecule has 0 saturated heterocycles. The van der Waals surface area contributed by atoms with Crippen molar-refractivity contribution in [3.05, 3.63) is 79.4 Å². The summed E-state index contributed by atoms with van der Waals surface area (Å²) in [6.07, 6.45) is 10.4. The van der Waals surface area contributed by atoms with E-state index in [-0.39, 0.29) is 12.1 Å². The van der Waals surface area contributed by atoms with Crippen LogP contribution in [0, 0.1) is 0 Å². The summed E-state index contributed by atoms with van der Waals surface area (Å²) in [5, 5.41) is 16.7. The Hall–Kier alpha value is -3.84. The second-order valence-corrected chi connectivity index (χ2v) is 8.26. The minimum absolute atomic E-state index is 0.199. The number of anilines is 3. The van der Waals surface area contributed by atoms with Gasteiger partial charge in [0.25, 0.3) is 0 Å². The molecule has 1 saturated carbocycles. The summed E-state index contributed by atoms with van der Waals surface area (Å²) in [4.78, 5) is 18.0. The van der Waals surface area contributed by atoms with Gasteiger partial charge >= 0.3 is 0 Å². The van der Waals surface area contributed by atoms with Crippen molar-refractivity contribution in [3.8, 4) is 22.4 Å². The number of nitrogens with zero attached hydrogens (tertiary/aromatic N) is 4. The number of benzene rings is 1. The van der Waals surface area contributed by atoms with Gasteiger partial charge in [-0.15, -0.1) is 0 Å². The van der Waals surface area contributed by atoms with Crippen LogP contribution in [-0.2, 0) is 0 Å². The second kappa shape index (κ2) is 9.75. The van der Waals surface area contributed by atoms with Gasteiger partial charge in [-0.05, 0) is 67.1 Å². The van der Waals surface area contributed by atoms with Gasteiger partial charge in [0.2, 0.25) is 5.95 Å². The lowest BCUT2D eigenvalue weighted by atomic mass is 9.93. The van der Waals surface area contributed by atoms with Gasteiger partial charge in [0, 0.05) is 36.5 Å². The maximum Gasteiger partial charge on any atom is 0.229 e. The molecule has 3 heterocycles. The summed E-state index contributed by atoms with van der Waals surface area (Å²) < 4.78 is 0. The summed E-state index contributed by atoms with van der Waals surface area (Å²) in [7, 11) is 0. The lowest BCUT2D eigenvalue weighted by molar-refractivity contribution is 0.126. The number of aliphatic hydroxyl groups excluding tert-OH is 1. The number of hydrogen-bond donors (Lipinski definition) is 3. The maximum absolute atomic E-state index is 9.85.